The summed E-state index contributed by atoms with van der Waals surface area (Å²) in [5, 5.41) is 9.78. The number of ether oxygens (including phenoxy) is 2. The van der Waals surface area contributed by atoms with Gasteiger partial charge >= 0.3 is 0 Å². The van der Waals surface area contributed by atoms with Crippen LogP contribution in [0.5, 0.6) is 17.2 Å². The van der Waals surface area contributed by atoms with Crippen LogP contribution in [0.1, 0.15) is 24.1 Å². The Morgan fingerprint density at radius 1 is 1.12 bits per heavy atom. The Labute approximate surface area is 191 Å². The van der Waals surface area contributed by atoms with Gasteiger partial charge in [-0.25, -0.2) is 13.1 Å². The Kier molecular flexibility index (Phi) is 6.33. The smallest absolute Gasteiger partial charge is 0.209 e. The highest BCUT2D eigenvalue weighted by Gasteiger charge is 2.26. The van der Waals surface area contributed by atoms with Crippen molar-refractivity contribution in [1.82, 2.24) is 9.71 Å². The summed E-state index contributed by atoms with van der Waals surface area (Å²) in [6.07, 6.45) is 4.88. The van der Waals surface area contributed by atoms with Crippen molar-refractivity contribution in [2.45, 2.75) is 25.5 Å². The van der Waals surface area contributed by atoms with Gasteiger partial charge < -0.3 is 9.47 Å². The van der Waals surface area contributed by atoms with Gasteiger partial charge in [0.2, 0.25) is 10.0 Å². The van der Waals surface area contributed by atoms with E-state index < -0.39 is 10.0 Å². The number of aromatic nitrogens is 1. The summed E-state index contributed by atoms with van der Waals surface area (Å²) in [4.78, 5) is 4.29. The maximum Gasteiger partial charge on any atom is 0.209 e. The van der Waals surface area contributed by atoms with Crippen molar-refractivity contribution in [3.63, 3.8) is 0 Å². The Morgan fingerprint density at radius 3 is 2.44 bits per heavy atom. The fourth-order valence-electron chi connectivity index (χ4n) is 2.94. The molecule has 1 N–H and O–H groups in total. The molecular weight excluding hydrogens is 450 g/mol. The normalized spacial score (nSPS) is 13.4. The van der Waals surface area contributed by atoms with Gasteiger partial charge in [-0.05, 0) is 36.6 Å². The molecule has 1 aromatic heterocycles. The third-order valence-electron chi connectivity index (χ3n) is 4.71. The molecule has 0 bridgehead atoms. The van der Waals surface area contributed by atoms with Crippen LogP contribution in [-0.4, -0.2) is 25.8 Å². The Balaban J connectivity index is 1.45. The quantitative estimate of drug-likeness (QED) is 0.515. The maximum absolute atomic E-state index is 11.2. The predicted octanol–water partition coefficient (Wildman–Crippen LogP) is 4.66. The van der Waals surface area contributed by atoms with Crippen LogP contribution in [0.15, 0.2) is 54.7 Å². The lowest BCUT2D eigenvalue weighted by atomic mass is 10.1. The third-order valence-corrected chi connectivity index (χ3v) is 5.66. The zero-order valence-electron chi connectivity index (χ0n) is 17.2. The van der Waals surface area contributed by atoms with Crippen molar-refractivity contribution in [3.8, 4) is 34.4 Å². The van der Waals surface area contributed by atoms with E-state index in [1.54, 1.807) is 24.4 Å². The van der Waals surface area contributed by atoms with E-state index in [1.807, 2.05) is 30.3 Å². The number of nitrogens with zero attached hydrogens (tertiary/aromatic N) is 2. The fourth-order valence-corrected chi connectivity index (χ4v) is 3.60. The van der Waals surface area contributed by atoms with Gasteiger partial charge in [0.25, 0.3) is 0 Å². The molecule has 1 aliphatic rings. The minimum atomic E-state index is -3.26. The fraction of sp³-hybridized carbons (Fsp3) is 0.217. The monoisotopic (exact) mass is 469 g/mol. The van der Waals surface area contributed by atoms with Crippen LogP contribution in [0.2, 0.25) is 5.02 Å². The Hall–Kier alpha value is -3.12. The average molecular weight is 470 g/mol. The summed E-state index contributed by atoms with van der Waals surface area (Å²) < 4.78 is 36.4. The van der Waals surface area contributed by atoms with E-state index >= 15 is 0 Å². The summed E-state index contributed by atoms with van der Waals surface area (Å²) in [6, 6.07) is 16.4. The number of sulfonamides is 1. The van der Waals surface area contributed by atoms with Crippen molar-refractivity contribution < 1.29 is 17.9 Å². The van der Waals surface area contributed by atoms with Crippen molar-refractivity contribution in [2.24, 2.45) is 0 Å². The second kappa shape index (κ2) is 9.17. The molecule has 0 unspecified atom stereocenters. The van der Waals surface area contributed by atoms with Crippen LogP contribution in [0.25, 0.3) is 11.1 Å². The van der Waals surface area contributed by atoms with Gasteiger partial charge in [0, 0.05) is 23.9 Å². The van der Waals surface area contributed by atoms with Crippen molar-refractivity contribution >= 4 is 21.6 Å². The molecule has 3 aromatic rings. The number of nitriles is 1. The van der Waals surface area contributed by atoms with Crippen LogP contribution in [0.3, 0.4) is 0 Å². The lowest BCUT2D eigenvalue weighted by molar-refractivity contribution is 0.302. The zero-order chi connectivity index (χ0) is 22.7. The second-order valence-corrected chi connectivity index (χ2v) is 9.71. The van der Waals surface area contributed by atoms with Gasteiger partial charge in [-0.1, -0.05) is 29.8 Å². The van der Waals surface area contributed by atoms with E-state index in [9.17, 15) is 13.7 Å². The molecule has 1 fully saturated rings. The third kappa shape index (κ3) is 5.77. The SMILES string of the molecule is CS(=O)(=O)NCc1ccc(-c2ccc(Oc3cc(Cl)c(OC4CC4)c(C#N)c3)cc2)cn1. The standard InChI is InChI=1S/C23H20ClN3O4S/c1-32(28,29)27-14-18-5-2-16(13-26-18)15-3-6-19(7-4-15)30-21-10-17(12-25)23(22(24)11-21)31-20-8-9-20/h2-7,10-11,13,20,27H,8-9,14H2,1H3. The molecule has 164 valence electrons. The number of rotatable bonds is 8. The summed E-state index contributed by atoms with van der Waals surface area (Å²) in [5.41, 5.74) is 2.78. The van der Waals surface area contributed by atoms with Gasteiger partial charge in [0.15, 0.2) is 5.75 Å². The molecule has 0 aliphatic heterocycles. The summed E-state index contributed by atoms with van der Waals surface area (Å²) in [5.74, 6) is 1.44. The summed E-state index contributed by atoms with van der Waals surface area (Å²) in [6.45, 7) is 0.142. The highest BCUT2D eigenvalue weighted by atomic mass is 35.5. The molecule has 0 radical (unpaired) electrons. The minimum absolute atomic E-state index is 0.137. The van der Waals surface area contributed by atoms with E-state index in [4.69, 9.17) is 21.1 Å². The average Bonchev–Trinajstić information content (AvgIpc) is 3.59. The molecule has 7 nitrogen and oxygen atoms in total. The van der Waals surface area contributed by atoms with Crippen LogP contribution in [0, 0.1) is 11.3 Å². The van der Waals surface area contributed by atoms with Gasteiger partial charge in [0.1, 0.15) is 17.6 Å². The first kappa shape index (κ1) is 22.1. The number of nitrogens with one attached hydrogen (secondary N) is 1. The highest BCUT2D eigenvalue weighted by Crippen LogP contribution is 2.38. The minimum Gasteiger partial charge on any atom is -0.487 e. The number of benzene rings is 2. The molecule has 32 heavy (non-hydrogen) atoms. The van der Waals surface area contributed by atoms with Crippen molar-refractivity contribution in [3.05, 3.63) is 71.0 Å². The van der Waals surface area contributed by atoms with Crippen LogP contribution >= 0.6 is 11.6 Å². The van der Waals surface area contributed by atoms with E-state index in [2.05, 4.69) is 15.8 Å². The van der Waals surface area contributed by atoms with E-state index in [0.29, 0.717) is 33.5 Å². The highest BCUT2D eigenvalue weighted by molar-refractivity contribution is 7.88. The van der Waals surface area contributed by atoms with Crippen LogP contribution in [-0.2, 0) is 16.6 Å². The molecule has 1 aliphatic carbocycles. The molecule has 0 saturated heterocycles. The molecule has 0 atom stereocenters. The number of halogens is 1. The molecule has 1 saturated carbocycles. The van der Waals surface area contributed by atoms with Gasteiger partial charge in [-0.15, -0.1) is 0 Å². The first-order valence-electron chi connectivity index (χ1n) is 9.89. The van der Waals surface area contributed by atoms with Gasteiger partial charge in [0.05, 0.1) is 35.2 Å². The van der Waals surface area contributed by atoms with Gasteiger partial charge in [-0.2, -0.15) is 5.26 Å². The molecule has 2 aromatic carbocycles. The Bertz CT molecular complexity index is 1270. The second-order valence-electron chi connectivity index (χ2n) is 7.47. The maximum atomic E-state index is 11.2. The van der Waals surface area contributed by atoms with Crippen LogP contribution < -0.4 is 14.2 Å². The largest absolute Gasteiger partial charge is 0.487 e. The predicted molar refractivity (Wildman–Crippen MR) is 121 cm³/mol. The van der Waals surface area contributed by atoms with Crippen LogP contribution in [0.4, 0.5) is 0 Å². The molecule has 9 heteroatoms. The lowest BCUT2D eigenvalue weighted by Gasteiger charge is -2.12. The molecular formula is C23H20ClN3O4S. The van der Waals surface area contributed by atoms with Crippen molar-refractivity contribution in [2.75, 3.05) is 6.26 Å². The molecule has 1 heterocycles. The zero-order valence-corrected chi connectivity index (χ0v) is 18.8. The molecule has 0 amide bonds. The van der Waals surface area contributed by atoms with Gasteiger partial charge in [-0.3, -0.25) is 4.98 Å². The lowest BCUT2D eigenvalue weighted by Crippen LogP contribution is -2.21. The molecule has 4 rings (SSSR count). The number of pyridine rings is 1. The Morgan fingerprint density at radius 2 is 1.84 bits per heavy atom. The van der Waals surface area contributed by atoms with Crippen molar-refractivity contribution in [1.29, 1.82) is 5.26 Å². The van der Waals surface area contributed by atoms with E-state index in [1.165, 1.54) is 0 Å². The van der Waals surface area contributed by atoms with E-state index in [-0.39, 0.29) is 12.6 Å². The van der Waals surface area contributed by atoms with E-state index in [0.717, 1.165) is 30.2 Å². The topological polar surface area (TPSA) is 101 Å². The summed E-state index contributed by atoms with van der Waals surface area (Å²) in [7, 11) is -3.26. The first-order valence-corrected chi connectivity index (χ1v) is 12.2. The first-order chi connectivity index (χ1) is 15.3. The number of hydrogen-bond acceptors (Lipinski definition) is 6. The summed E-state index contributed by atoms with van der Waals surface area (Å²) >= 11 is 6.32. The molecule has 0 spiro atoms. The number of hydrogen-bond donors (Lipinski definition) is 1.